The van der Waals surface area contributed by atoms with E-state index in [1.54, 1.807) is 24.3 Å². The molecule has 21 heavy (non-hydrogen) atoms. The second-order valence-corrected chi connectivity index (χ2v) is 5.98. The first-order valence-electron chi connectivity index (χ1n) is 5.85. The zero-order valence-corrected chi connectivity index (χ0v) is 13.6. The van der Waals surface area contributed by atoms with Gasteiger partial charge in [-0.3, -0.25) is 0 Å². The van der Waals surface area contributed by atoms with Gasteiger partial charge in [0.05, 0.1) is 10.0 Å². The van der Waals surface area contributed by atoms with Crippen LogP contribution in [0.2, 0.25) is 10.0 Å². The van der Waals surface area contributed by atoms with Gasteiger partial charge in [-0.15, -0.1) is 5.10 Å². The van der Waals surface area contributed by atoms with E-state index in [9.17, 15) is 0 Å². The van der Waals surface area contributed by atoms with Crippen LogP contribution in [0.5, 0.6) is 0 Å². The maximum absolute atomic E-state index is 6.26. The van der Waals surface area contributed by atoms with Gasteiger partial charge in [-0.25, -0.2) is 0 Å². The zero-order chi connectivity index (χ0) is 15.0. The van der Waals surface area contributed by atoms with Crippen molar-refractivity contribution in [3.8, 4) is 17.1 Å². The topological polar surface area (TPSA) is 69.6 Å². The molecule has 0 saturated carbocycles. The van der Waals surface area contributed by atoms with Gasteiger partial charge >= 0.3 is 0 Å². The van der Waals surface area contributed by atoms with Gasteiger partial charge in [0.2, 0.25) is 0 Å². The van der Waals surface area contributed by atoms with Gasteiger partial charge in [-0.05, 0) is 46.8 Å². The van der Waals surface area contributed by atoms with Crippen molar-refractivity contribution in [1.82, 2.24) is 20.2 Å². The van der Waals surface area contributed by atoms with Crippen LogP contribution in [0.1, 0.15) is 0 Å². The lowest BCUT2D eigenvalue weighted by Gasteiger charge is -2.09. The lowest BCUT2D eigenvalue weighted by molar-refractivity contribution is 0.791. The molecule has 0 aliphatic heterocycles. The van der Waals surface area contributed by atoms with Crippen molar-refractivity contribution in [3.63, 3.8) is 0 Å². The Hall–Kier alpha value is -1.63. The summed E-state index contributed by atoms with van der Waals surface area (Å²) in [6.45, 7) is 0. The highest BCUT2D eigenvalue weighted by Crippen LogP contribution is 2.33. The predicted molar refractivity (Wildman–Crippen MR) is 86.7 cm³/mol. The summed E-state index contributed by atoms with van der Waals surface area (Å²) in [4.78, 5) is 0. The molecule has 8 heteroatoms. The molecule has 0 fully saturated rings. The van der Waals surface area contributed by atoms with Gasteiger partial charge in [-0.2, -0.15) is 4.68 Å². The van der Waals surface area contributed by atoms with Crippen molar-refractivity contribution < 1.29 is 0 Å². The molecule has 0 bridgehead atoms. The fourth-order valence-corrected chi connectivity index (χ4v) is 3.26. The van der Waals surface area contributed by atoms with Gasteiger partial charge < -0.3 is 5.73 Å². The fourth-order valence-electron chi connectivity index (χ4n) is 1.89. The number of hydrogen-bond donors (Lipinski definition) is 1. The molecular weight excluding hydrogens is 377 g/mol. The minimum atomic E-state index is 0.443. The number of hydrogen-bond acceptors (Lipinski definition) is 4. The Kier molecular flexibility index (Phi) is 3.84. The second-order valence-electron chi connectivity index (χ2n) is 4.25. The van der Waals surface area contributed by atoms with Crippen LogP contribution in [0.15, 0.2) is 40.9 Å². The van der Waals surface area contributed by atoms with Crippen molar-refractivity contribution >= 4 is 44.8 Å². The number of anilines is 1. The van der Waals surface area contributed by atoms with E-state index < -0.39 is 0 Å². The third-order valence-electron chi connectivity index (χ3n) is 2.83. The van der Waals surface area contributed by atoms with Crippen molar-refractivity contribution in [1.29, 1.82) is 0 Å². The van der Waals surface area contributed by atoms with Gasteiger partial charge in [0.1, 0.15) is 5.69 Å². The van der Waals surface area contributed by atoms with Crippen LogP contribution in [0.4, 0.5) is 5.69 Å². The van der Waals surface area contributed by atoms with E-state index in [2.05, 4.69) is 31.5 Å². The number of rotatable bonds is 2. The zero-order valence-electron chi connectivity index (χ0n) is 10.5. The molecule has 0 amide bonds. The molecule has 0 aliphatic carbocycles. The molecule has 1 heterocycles. The summed E-state index contributed by atoms with van der Waals surface area (Å²) in [7, 11) is 0. The Balaban J connectivity index is 2.18. The first kappa shape index (κ1) is 14.3. The number of aromatic nitrogens is 4. The molecule has 0 radical (unpaired) electrons. The Morgan fingerprint density at radius 1 is 1.05 bits per heavy atom. The fraction of sp³-hybridized carbons (Fsp3) is 0. The SMILES string of the molecule is Nc1ccc(-c2nnnn2-c2c(Cl)cc(Br)cc2Cl)cc1. The summed E-state index contributed by atoms with van der Waals surface area (Å²) < 4.78 is 2.28. The van der Waals surface area contributed by atoms with E-state index in [4.69, 9.17) is 28.9 Å². The molecule has 3 aromatic rings. The largest absolute Gasteiger partial charge is 0.399 e. The second kappa shape index (κ2) is 5.63. The van der Waals surface area contributed by atoms with E-state index in [1.807, 2.05) is 12.1 Å². The number of nitrogens with zero attached hydrogens (tertiary/aromatic N) is 4. The third kappa shape index (κ3) is 2.74. The van der Waals surface area contributed by atoms with E-state index in [-0.39, 0.29) is 0 Å². The molecule has 3 rings (SSSR count). The van der Waals surface area contributed by atoms with Gasteiger partial charge in [0.15, 0.2) is 5.82 Å². The number of benzene rings is 2. The van der Waals surface area contributed by atoms with E-state index in [0.29, 0.717) is 27.2 Å². The summed E-state index contributed by atoms with van der Waals surface area (Å²) in [5.41, 5.74) is 7.69. The highest BCUT2D eigenvalue weighted by molar-refractivity contribution is 9.10. The first-order valence-corrected chi connectivity index (χ1v) is 7.40. The summed E-state index contributed by atoms with van der Waals surface area (Å²) in [6.07, 6.45) is 0. The number of nitrogen functional groups attached to an aromatic ring is 1. The summed E-state index contributed by atoms with van der Waals surface area (Å²) in [5, 5.41) is 12.6. The van der Waals surface area contributed by atoms with Crippen LogP contribution < -0.4 is 5.73 Å². The Bertz CT molecular complexity index is 778. The Morgan fingerprint density at radius 3 is 2.29 bits per heavy atom. The molecule has 2 aromatic carbocycles. The Morgan fingerprint density at radius 2 is 1.67 bits per heavy atom. The molecule has 0 aliphatic rings. The number of halogens is 3. The van der Waals surface area contributed by atoms with E-state index >= 15 is 0 Å². The predicted octanol–water partition coefficient (Wildman–Crippen LogP) is 3.98. The average molecular weight is 385 g/mol. The first-order chi connectivity index (χ1) is 10.1. The van der Waals surface area contributed by atoms with E-state index in [0.717, 1.165) is 10.0 Å². The van der Waals surface area contributed by atoms with Gasteiger partial charge in [-0.1, -0.05) is 39.1 Å². The molecule has 0 saturated heterocycles. The summed E-state index contributed by atoms with van der Waals surface area (Å²) >= 11 is 15.9. The quantitative estimate of drug-likeness (QED) is 0.678. The number of tetrazole rings is 1. The highest BCUT2D eigenvalue weighted by Gasteiger charge is 2.17. The maximum Gasteiger partial charge on any atom is 0.187 e. The minimum absolute atomic E-state index is 0.443. The summed E-state index contributed by atoms with van der Waals surface area (Å²) in [5.74, 6) is 0.529. The van der Waals surface area contributed by atoms with Crippen LogP contribution >= 0.6 is 39.1 Å². The normalized spacial score (nSPS) is 10.8. The van der Waals surface area contributed by atoms with Crippen molar-refractivity contribution in [2.45, 2.75) is 0 Å². The molecule has 0 atom stereocenters. The smallest absolute Gasteiger partial charge is 0.187 e. The average Bonchev–Trinajstić information content (AvgIpc) is 2.87. The van der Waals surface area contributed by atoms with Crippen LogP contribution in [0.25, 0.3) is 17.1 Å². The lowest BCUT2D eigenvalue weighted by atomic mass is 10.2. The van der Waals surface area contributed by atoms with Crippen LogP contribution in [0.3, 0.4) is 0 Å². The van der Waals surface area contributed by atoms with Crippen LogP contribution in [-0.4, -0.2) is 20.2 Å². The van der Waals surface area contributed by atoms with Crippen molar-refractivity contribution in [2.75, 3.05) is 5.73 Å². The van der Waals surface area contributed by atoms with E-state index in [1.165, 1.54) is 4.68 Å². The highest BCUT2D eigenvalue weighted by atomic mass is 79.9. The van der Waals surface area contributed by atoms with Crippen LogP contribution in [0, 0.1) is 0 Å². The maximum atomic E-state index is 6.26. The monoisotopic (exact) mass is 383 g/mol. The molecule has 5 nitrogen and oxygen atoms in total. The third-order valence-corrected chi connectivity index (χ3v) is 3.87. The molecule has 1 aromatic heterocycles. The Labute approximate surface area is 138 Å². The molecule has 0 unspecified atom stereocenters. The van der Waals surface area contributed by atoms with Crippen molar-refractivity contribution in [3.05, 3.63) is 50.9 Å². The number of nitrogens with two attached hydrogens (primary N) is 1. The summed E-state index contributed by atoms with van der Waals surface area (Å²) in [6, 6.07) is 10.7. The molecule has 2 N–H and O–H groups in total. The van der Waals surface area contributed by atoms with Crippen molar-refractivity contribution in [2.24, 2.45) is 0 Å². The van der Waals surface area contributed by atoms with Gasteiger partial charge in [0.25, 0.3) is 0 Å². The molecular formula is C13H8BrCl2N5. The van der Waals surface area contributed by atoms with Gasteiger partial charge in [0, 0.05) is 15.7 Å². The molecule has 0 spiro atoms. The minimum Gasteiger partial charge on any atom is -0.399 e. The lowest BCUT2D eigenvalue weighted by Crippen LogP contribution is -2.02. The van der Waals surface area contributed by atoms with Crippen LogP contribution in [-0.2, 0) is 0 Å². The molecule has 106 valence electrons. The standard InChI is InChI=1S/C13H8BrCl2N5/c14-8-5-10(15)12(11(16)6-8)21-13(18-19-20-21)7-1-3-9(17)4-2-7/h1-6H,17H2.